The molecule has 1 aliphatic carbocycles. The summed E-state index contributed by atoms with van der Waals surface area (Å²) in [5.41, 5.74) is 4.52. The monoisotopic (exact) mass is 426 g/mol. The number of aryl methyl sites for hydroxylation is 2. The summed E-state index contributed by atoms with van der Waals surface area (Å²) in [6.07, 6.45) is 15.8. The lowest BCUT2D eigenvalue weighted by Gasteiger charge is -2.26. The van der Waals surface area contributed by atoms with E-state index in [2.05, 4.69) is 56.0 Å². The van der Waals surface area contributed by atoms with Crippen LogP contribution in [0.15, 0.2) is 79.4 Å². The molecule has 1 fully saturated rings. The molecule has 0 aromatic heterocycles. The van der Waals surface area contributed by atoms with E-state index in [1.807, 2.05) is 30.3 Å². The van der Waals surface area contributed by atoms with Gasteiger partial charge in [0.2, 0.25) is 0 Å². The summed E-state index contributed by atoms with van der Waals surface area (Å²) in [5.74, 6) is 1.60. The molecule has 3 aromatic carbocycles. The minimum absolute atomic E-state index is 0.0917. The zero-order chi connectivity index (χ0) is 22.3. The Kier molecular flexibility index (Phi) is 7.58. The molecule has 166 valence electrons. The second-order valence-electron chi connectivity index (χ2n) is 9.34. The molecule has 1 saturated carbocycles. The zero-order valence-electron chi connectivity index (χ0n) is 19.3. The lowest BCUT2D eigenvalue weighted by Crippen LogP contribution is -2.13. The van der Waals surface area contributed by atoms with Gasteiger partial charge in [-0.3, -0.25) is 0 Å². The van der Waals surface area contributed by atoms with E-state index in [0.717, 1.165) is 41.2 Å². The van der Waals surface area contributed by atoms with Crippen molar-refractivity contribution in [1.29, 1.82) is 0 Å². The van der Waals surface area contributed by atoms with Crippen molar-refractivity contribution in [3.8, 4) is 11.1 Å². The lowest BCUT2D eigenvalue weighted by atomic mass is 9.79. The molecule has 0 radical (unpaired) electrons. The molecule has 3 aromatic rings. The summed E-state index contributed by atoms with van der Waals surface area (Å²) in [7, 11) is 0. The quantitative estimate of drug-likeness (QED) is 0.315. The Morgan fingerprint density at radius 3 is 2.38 bits per heavy atom. The Hall–Kier alpha value is -2.67. The van der Waals surface area contributed by atoms with Crippen LogP contribution in [0, 0.1) is 17.7 Å². The van der Waals surface area contributed by atoms with Crippen molar-refractivity contribution in [1.82, 2.24) is 0 Å². The van der Waals surface area contributed by atoms with E-state index < -0.39 is 0 Å². The molecule has 0 heterocycles. The molecule has 1 aliphatic rings. The van der Waals surface area contributed by atoms with Crippen molar-refractivity contribution < 1.29 is 4.39 Å². The van der Waals surface area contributed by atoms with Crippen LogP contribution in [0.25, 0.3) is 21.9 Å². The molecular weight excluding hydrogens is 391 g/mol. The molecule has 0 saturated heterocycles. The van der Waals surface area contributed by atoms with Crippen LogP contribution >= 0.6 is 0 Å². The van der Waals surface area contributed by atoms with E-state index in [0.29, 0.717) is 11.8 Å². The first-order valence-electron chi connectivity index (χ1n) is 12.2. The van der Waals surface area contributed by atoms with E-state index in [9.17, 15) is 4.39 Å². The van der Waals surface area contributed by atoms with Crippen LogP contribution in [0.1, 0.15) is 56.6 Å². The van der Waals surface area contributed by atoms with Crippen LogP contribution in [-0.2, 0) is 12.8 Å². The molecule has 32 heavy (non-hydrogen) atoms. The molecule has 0 amide bonds. The van der Waals surface area contributed by atoms with Gasteiger partial charge < -0.3 is 0 Å². The number of hydrogen-bond acceptors (Lipinski definition) is 0. The van der Waals surface area contributed by atoms with Gasteiger partial charge in [0.1, 0.15) is 5.82 Å². The summed E-state index contributed by atoms with van der Waals surface area (Å²) >= 11 is 0. The maximum absolute atomic E-state index is 14.8. The summed E-state index contributed by atoms with van der Waals surface area (Å²) in [4.78, 5) is 0. The third-order valence-corrected chi connectivity index (χ3v) is 7.14. The fourth-order valence-corrected chi connectivity index (χ4v) is 5.14. The zero-order valence-corrected chi connectivity index (χ0v) is 19.3. The maximum Gasteiger partial charge on any atom is 0.134 e. The van der Waals surface area contributed by atoms with E-state index in [-0.39, 0.29) is 5.82 Å². The highest BCUT2D eigenvalue weighted by molar-refractivity contribution is 5.88. The summed E-state index contributed by atoms with van der Waals surface area (Å²) in [6, 6.07) is 19.0. The van der Waals surface area contributed by atoms with Crippen LogP contribution in [0.4, 0.5) is 4.39 Å². The molecule has 0 bridgehead atoms. The second kappa shape index (κ2) is 10.8. The molecule has 0 atom stereocenters. The SMILES string of the molecule is C=CCCc1ccc2cc(-c3ccc(CCC4CCC(/C=C/C)CC4)cc3)ccc2c1F. The number of allylic oxidation sites excluding steroid dienone is 3. The van der Waals surface area contributed by atoms with Gasteiger partial charge in [-0.15, -0.1) is 6.58 Å². The first-order chi connectivity index (χ1) is 15.7. The molecule has 0 spiro atoms. The van der Waals surface area contributed by atoms with Crippen LogP contribution in [0.3, 0.4) is 0 Å². The largest absolute Gasteiger partial charge is 0.206 e. The summed E-state index contributed by atoms with van der Waals surface area (Å²) < 4.78 is 14.8. The van der Waals surface area contributed by atoms with Gasteiger partial charge >= 0.3 is 0 Å². The number of hydrogen-bond donors (Lipinski definition) is 0. The molecule has 1 heteroatoms. The van der Waals surface area contributed by atoms with Crippen molar-refractivity contribution >= 4 is 10.8 Å². The Bertz CT molecular complexity index is 1070. The predicted octanol–water partition coefficient (Wildman–Crippen LogP) is 9.08. The van der Waals surface area contributed by atoms with Crippen LogP contribution in [0.5, 0.6) is 0 Å². The van der Waals surface area contributed by atoms with Gasteiger partial charge in [0.15, 0.2) is 0 Å². The number of rotatable bonds is 8. The van der Waals surface area contributed by atoms with Crippen molar-refractivity contribution in [2.45, 2.75) is 58.3 Å². The van der Waals surface area contributed by atoms with Gasteiger partial charge in [-0.2, -0.15) is 0 Å². The Balaban J connectivity index is 1.39. The van der Waals surface area contributed by atoms with Crippen LogP contribution < -0.4 is 0 Å². The van der Waals surface area contributed by atoms with E-state index in [1.165, 1.54) is 43.2 Å². The fourth-order valence-electron chi connectivity index (χ4n) is 5.14. The van der Waals surface area contributed by atoms with Gasteiger partial charge in [-0.1, -0.05) is 66.8 Å². The number of fused-ring (bicyclic) bond motifs is 1. The molecular formula is C31H35F. The standard InChI is InChI=1S/C31H35F/c1-3-5-7-27-18-19-29-22-28(20-21-30(29)31(27)32)26-16-14-25(15-17-26)13-12-24-10-8-23(6-4-2)9-11-24/h3-4,6,14-24H,1,5,7-13H2,2H3/b6-4+. The van der Waals surface area contributed by atoms with Crippen molar-refractivity contribution in [3.63, 3.8) is 0 Å². The second-order valence-corrected chi connectivity index (χ2v) is 9.34. The first kappa shape index (κ1) is 22.5. The van der Waals surface area contributed by atoms with Gasteiger partial charge in [-0.25, -0.2) is 4.39 Å². The highest BCUT2D eigenvalue weighted by Gasteiger charge is 2.19. The Labute approximate surface area is 192 Å². The third-order valence-electron chi connectivity index (χ3n) is 7.14. The van der Waals surface area contributed by atoms with Gasteiger partial charge in [-0.05, 0) is 104 Å². The van der Waals surface area contributed by atoms with Gasteiger partial charge in [0.05, 0.1) is 0 Å². The molecule has 4 rings (SSSR count). The highest BCUT2D eigenvalue weighted by Crippen LogP contribution is 2.33. The summed E-state index contributed by atoms with van der Waals surface area (Å²) in [5, 5.41) is 1.66. The average Bonchev–Trinajstić information content (AvgIpc) is 2.83. The lowest BCUT2D eigenvalue weighted by molar-refractivity contribution is 0.296. The smallest absolute Gasteiger partial charge is 0.134 e. The molecule has 0 aliphatic heterocycles. The topological polar surface area (TPSA) is 0 Å². The van der Waals surface area contributed by atoms with E-state index in [4.69, 9.17) is 0 Å². The highest BCUT2D eigenvalue weighted by atomic mass is 19.1. The first-order valence-corrected chi connectivity index (χ1v) is 12.2. The van der Waals surface area contributed by atoms with Crippen molar-refractivity contribution in [3.05, 3.63) is 96.3 Å². The Morgan fingerprint density at radius 2 is 1.66 bits per heavy atom. The normalized spacial score (nSPS) is 18.9. The molecule has 0 N–H and O–H groups in total. The van der Waals surface area contributed by atoms with Gasteiger partial charge in [0.25, 0.3) is 0 Å². The minimum atomic E-state index is -0.0917. The fraction of sp³-hybridized carbons (Fsp3) is 0.355. The number of benzene rings is 3. The molecule has 0 unspecified atom stereocenters. The van der Waals surface area contributed by atoms with Gasteiger partial charge in [0, 0.05) is 5.39 Å². The van der Waals surface area contributed by atoms with E-state index in [1.54, 1.807) is 0 Å². The minimum Gasteiger partial charge on any atom is -0.206 e. The third kappa shape index (κ3) is 5.38. The predicted molar refractivity (Wildman–Crippen MR) is 136 cm³/mol. The molecule has 0 nitrogen and oxygen atoms in total. The number of halogens is 1. The Morgan fingerprint density at radius 1 is 0.906 bits per heavy atom. The maximum atomic E-state index is 14.8. The van der Waals surface area contributed by atoms with E-state index >= 15 is 0 Å². The van der Waals surface area contributed by atoms with Crippen molar-refractivity contribution in [2.24, 2.45) is 11.8 Å². The van der Waals surface area contributed by atoms with Crippen LogP contribution in [0.2, 0.25) is 0 Å². The summed E-state index contributed by atoms with van der Waals surface area (Å²) in [6.45, 7) is 5.87. The average molecular weight is 427 g/mol. The van der Waals surface area contributed by atoms with Crippen molar-refractivity contribution in [2.75, 3.05) is 0 Å². The van der Waals surface area contributed by atoms with Crippen LogP contribution in [-0.4, -0.2) is 0 Å².